The Bertz CT molecular complexity index is 245. The standard InChI is InChI=1S/C8H10O3/c1-5-2-6(4-9)3-7(10)8(5)11/h2-3,9-11H,4H2,1H3. The molecule has 1 aromatic carbocycles. The second-order valence-corrected chi connectivity index (χ2v) is 2.44. The summed E-state index contributed by atoms with van der Waals surface area (Å²) < 4.78 is 0. The van der Waals surface area contributed by atoms with Crippen LogP contribution in [0, 0.1) is 6.92 Å². The van der Waals surface area contributed by atoms with E-state index in [2.05, 4.69) is 0 Å². The Hall–Kier alpha value is -1.22. The van der Waals surface area contributed by atoms with E-state index in [0.717, 1.165) is 0 Å². The van der Waals surface area contributed by atoms with Crippen molar-refractivity contribution in [3.05, 3.63) is 23.3 Å². The lowest BCUT2D eigenvalue weighted by atomic mass is 10.1. The molecule has 0 aliphatic rings. The molecule has 1 aromatic rings. The number of aryl methyl sites for hydroxylation is 1. The summed E-state index contributed by atoms with van der Waals surface area (Å²) in [5, 5.41) is 26.8. The van der Waals surface area contributed by atoms with Crippen LogP contribution in [0.2, 0.25) is 0 Å². The van der Waals surface area contributed by atoms with Crippen LogP contribution in [0.3, 0.4) is 0 Å². The van der Waals surface area contributed by atoms with Gasteiger partial charge in [0.15, 0.2) is 11.5 Å². The second-order valence-electron chi connectivity index (χ2n) is 2.44. The Kier molecular flexibility index (Phi) is 2.01. The first-order valence-corrected chi connectivity index (χ1v) is 3.27. The maximum atomic E-state index is 9.09. The van der Waals surface area contributed by atoms with Crippen molar-refractivity contribution < 1.29 is 15.3 Å². The third kappa shape index (κ3) is 1.43. The molecular weight excluding hydrogens is 144 g/mol. The van der Waals surface area contributed by atoms with Gasteiger partial charge in [0.2, 0.25) is 0 Å². The van der Waals surface area contributed by atoms with E-state index < -0.39 is 0 Å². The first-order valence-electron chi connectivity index (χ1n) is 3.27. The minimum atomic E-state index is -0.186. The van der Waals surface area contributed by atoms with Crippen LogP contribution in [-0.2, 0) is 6.61 Å². The molecule has 0 heterocycles. The average Bonchev–Trinajstić information content (AvgIpc) is 1.99. The quantitative estimate of drug-likeness (QED) is 0.526. The summed E-state index contributed by atoms with van der Waals surface area (Å²) in [4.78, 5) is 0. The first-order chi connectivity index (χ1) is 5.15. The zero-order valence-corrected chi connectivity index (χ0v) is 6.20. The van der Waals surface area contributed by atoms with Crippen LogP contribution >= 0.6 is 0 Å². The van der Waals surface area contributed by atoms with Gasteiger partial charge in [-0.15, -0.1) is 0 Å². The average molecular weight is 154 g/mol. The maximum Gasteiger partial charge on any atom is 0.160 e. The summed E-state index contributed by atoms with van der Waals surface area (Å²) in [5.41, 5.74) is 1.16. The van der Waals surface area contributed by atoms with E-state index in [9.17, 15) is 0 Å². The highest BCUT2D eigenvalue weighted by atomic mass is 16.3. The number of phenols is 2. The SMILES string of the molecule is Cc1cc(CO)cc(O)c1O. The Morgan fingerprint density at radius 3 is 2.36 bits per heavy atom. The molecule has 0 saturated carbocycles. The molecule has 0 spiro atoms. The summed E-state index contributed by atoms with van der Waals surface area (Å²) in [6.07, 6.45) is 0. The Morgan fingerprint density at radius 1 is 1.27 bits per heavy atom. The van der Waals surface area contributed by atoms with Crippen LogP contribution in [0.15, 0.2) is 12.1 Å². The highest BCUT2D eigenvalue weighted by molar-refractivity contribution is 5.46. The molecule has 3 heteroatoms. The minimum Gasteiger partial charge on any atom is -0.504 e. The predicted molar refractivity (Wildman–Crippen MR) is 40.4 cm³/mol. The number of rotatable bonds is 1. The molecular formula is C8H10O3. The zero-order chi connectivity index (χ0) is 8.43. The largest absolute Gasteiger partial charge is 0.504 e. The molecule has 60 valence electrons. The molecule has 3 N–H and O–H groups in total. The van der Waals surface area contributed by atoms with E-state index >= 15 is 0 Å². The Labute approximate surface area is 64.5 Å². The molecule has 0 aliphatic heterocycles. The lowest BCUT2D eigenvalue weighted by Gasteiger charge is -2.03. The van der Waals surface area contributed by atoms with Crippen LogP contribution in [0.25, 0.3) is 0 Å². The van der Waals surface area contributed by atoms with E-state index in [1.54, 1.807) is 13.0 Å². The molecule has 0 aromatic heterocycles. The molecule has 11 heavy (non-hydrogen) atoms. The summed E-state index contributed by atoms with van der Waals surface area (Å²) >= 11 is 0. The number of phenolic OH excluding ortho intramolecular Hbond substituents is 2. The van der Waals surface area contributed by atoms with Crippen LogP contribution in [0.1, 0.15) is 11.1 Å². The van der Waals surface area contributed by atoms with E-state index in [-0.39, 0.29) is 18.1 Å². The van der Waals surface area contributed by atoms with Crippen molar-refractivity contribution in [1.82, 2.24) is 0 Å². The molecule has 0 aliphatic carbocycles. The van der Waals surface area contributed by atoms with Crippen LogP contribution in [0.5, 0.6) is 11.5 Å². The fraction of sp³-hybridized carbons (Fsp3) is 0.250. The van der Waals surface area contributed by atoms with Gasteiger partial charge < -0.3 is 15.3 Å². The highest BCUT2D eigenvalue weighted by Crippen LogP contribution is 2.29. The first kappa shape index (κ1) is 7.88. The molecule has 0 saturated heterocycles. The van der Waals surface area contributed by atoms with Gasteiger partial charge in [0.1, 0.15) is 0 Å². The van der Waals surface area contributed by atoms with E-state index in [1.807, 2.05) is 0 Å². The lowest BCUT2D eigenvalue weighted by Crippen LogP contribution is -1.84. The fourth-order valence-corrected chi connectivity index (χ4v) is 0.925. The Balaban J connectivity index is 3.21. The Morgan fingerprint density at radius 2 is 1.91 bits per heavy atom. The number of aromatic hydroxyl groups is 2. The van der Waals surface area contributed by atoms with Gasteiger partial charge in [0.05, 0.1) is 6.61 Å². The van der Waals surface area contributed by atoms with Crippen LogP contribution in [0.4, 0.5) is 0 Å². The monoisotopic (exact) mass is 154 g/mol. The van der Waals surface area contributed by atoms with Crippen molar-refractivity contribution in [1.29, 1.82) is 0 Å². The van der Waals surface area contributed by atoms with Gasteiger partial charge in [-0.1, -0.05) is 0 Å². The fourth-order valence-electron chi connectivity index (χ4n) is 0.925. The van der Waals surface area contributed by atoms with Crippen molar-refractivity contribution in [2.24, 2.45) is 0 Å². The number of benzene rings is 1. The van der Waals surface area contributed by atoms with Crippen molar-refractivity contribution in [2.45, 2.75) is 13.5 Å². The topological polar surface area (TPSA) is 60.7 Å². The molecule has 0 radical (unpaired) electrons. The summed E-state index contributed by atoms with van der Waals surface area (Å²) in [5.74, 6) is -0.309. The van der Waals surface area contributed by atoms with Crippen LogP contribution < -0.4 is 0 Å². The van der Waals surface area contributed by atoms with Crippen molar-refractivity contribution >= 4 is 0 Å². The number of hydrogen-bond acceptors (Lipinski definition) is 3. The van der Waals surface area contributed by atoms with Gasteiger partial charge in [-0.25, -0.2) is 0 Å². The molecule has 1 rings (SSSR count). The van der Waals surface area contributed by atoms with E-state index in [4.69, 9.17) is 15.3 Å². The van der Waals surface area contributed by atoms with Gasteiger partial charge in [0, 0.05) is 0 Å². The van der Waals surface area contributed by atoms with E-state index in [1.165, 1.54) is 6.07 Å². The third-order valence-electron chi connectivity index (χ3n) is 1.52. The molecule has 0 bridgehead atoms. The molecule has 3 nitrogen and oxygen atoms in total. The molecule has 0 amide bonds. The molecule has 0 atom stereocenters. The normalized spacial score (nSPS) is 10.0. The van der Waals surface area contributed by atoms with Gasteiger partial charge in [-0.2, -0.15) is 0 Å². The zero-order valence-electron chi connectivity index (χ0n) is 6.20. The third-order valence-corrected chi connectivity index (χ3v) is 1.52. The lowest BCUT2D eigenvalue weighted by molar-refractivity contribution is 0.280. The highest BCUT2D eigenvalue weighted by Gasteiger charge is 2.03. The van der Waals surface area contributed by atoms with E-state index in [0.29, 0.717) is 11.1 Å². The van der Waals surface area contributed by atoms with Crippen molar-refractivity contribution in [3.8, 4) is 11.5 Å². The van der Waals surface area contributed by atoms with Gasteiger partial charge >= 0.3 is 0 Å². The van der Waals surface area contributed by atoms with Crippen LogP contribution in [-0.4, -0.2) is 15.3 Å². The molecule has 0 fully saturated rings. The number of aliphatic hydroxyl groups excluding tert-OH is 1. The smallest absolute Gasteiger partial charge is 0.160 e. The minimum absolute atomic E-state index is 0.123. The van der Waals surface area contributed by atoms with Gasteiger partial charge in [0.25, 0.3) is 0 Å². The molecule has 0 unspecified atom stereocenters. The number of hydrogen-bond donors (Lipinski definition) is 3. The maximum absolute atomic E-state index is 9.09. The summed E-state index contributed by atoms with van der Waals surface area (Å²) in [6, 6.07) is 2.96. The van der Waals surface area contributed by atoms with Gasteiger partial charge in [-0.3, -0.25) is 0 Å². The predicted octanol–water partition coefficient (Wildman–Crippen LogP) is 0.899. The van der Waals surface area contributed by atoms with Crippen molar-refractivity contribution in [2.75, 3.05) is 0 Å². The summed E-state index contributed by atoms with van der Waals surface area (Å²) in [6.45, 7) is 1.53. The number of aliphatic hydroxyl groups is 1. The van der Waals surface area contributed by atoms with Gasteiger partial charge in [-0.05, 0) is 30.2 Å². The second kappa shape index (κ2) is 2.80. The summed E-state index contributed by atoms with van der Waals surface area (Å²) in [7, 11) is 0. The van der Waals surface area contributed by atoms with Crippen molar-refractivity contribution in [3.63, 3.8) is 0 Å².